The van der Waals surface area contributed by atoms with E-state index in [4.69, 9.17) is 0 Å². The zero-order chi connectivity index (χ0) is 19.9. The van der Waals surface area contributed by atoms with Crippen molar-refractivity contribution < 1.29 is 14.3 Å². The topological polar surface area (TPSA) is 82.4 Å². The van der Waals surface area contributed by atoms with Crippen LogP contribution in [0, 0.1) is 11.3 Å². The zero-order valence-electron chi connectivity index (χ0n) is 15.6. The van der Waals surface area contributed by atoms with E-state index in [1.807, 2.05) is 30.3 Å². The number of esters is 1. The van der Waals surface area contributed by atoms with Crippen molar-refractivity contribution >= 4 is 29.3 Å². The lowest BCUT2D eigenvalue weighted by Gasteiger charge is -2.17. The minimum absolute atomic E-state index is 0.00552. The number of nitrogens with zero attached hydrogens (tertiary/aromatic N) is 2. The van der Waals surface area contributed by atoms with E-state index >= 15 is 0 Å². The predicted octanol–water partition coefficient (Wildman–Crippen LogP) is 3.62. The van der Waals surface area contributed by atoms with Crippen LogP contribution in [0.3, 0.4) is 0 Å². The van der Waals surface area contributed by atoms with Gasteiger partial charge in [-0.25, -0.2) is 4.79 Å². The minimum atomic E-state index is -0.503. The van der Waals surface area contributed by atoms with E-state index < -0.39 is 11.9 Å². The maximum absolute atomic E-state index is 12.4. The molecule has 1 amide bonds. The van der Waals surface area contributed by atoms with Crippen molar-refractivity contribution in [1.29, 1.82) is 5.26 Å². The third kappa shape index (κ3) is 4.57. The number of anilines is 2. The summed E-state index contributed by atoms with van der Waals surface area (Å²) in [4.78, 5) is 26.2. The smallest absolute Gasteiger partial charge is 0.337 e. The summed E-state index contributed by atoms with van der Waals surface area (Å²) < 4.78 is 4.64. The van der Waals surface area contributed by atoms with Crippen LogP contribution < -0.4 is 10.2 Å². The molecule has 1 fully saturated rings. The Bertz CT molecular complexity index is 919. The van der Waals surface area contributed by atoms with Crippen LogP contribution in [0.15, 0.2) is 54.1 Å². The number of hydrogen-bond donors (Lipinski definition) is 1. The first-order valence-corrected chi connectivity index (χ1v) is 9.07. The van der Waals surface area contributed by atoms with Crippen LogP contribution >= 0.6 is 0 Å². The normalized spacial score (nSPS) is 13.7. The van der Waals surface area contributed by atoms with Gasteiger partial charge >= 0.3 is 5.97 Å². The van der Waals surface area contributed by atoms with Crippen LogP contribution in [0.25, 0.3) is 6.08 Å². The summed E-state index contributed by atoms with van der Waals surface area (Å²) in [5.74, 6) is -0.954. The van der Waals surface area contributed by atoms with Gasteiger partial charge in [0.15, 0.2) is 0 Å². The van der Waals surface area contributed by atoms with E-state index in [0.29, 0.717) is 11.3 Å². The fraction of sp³-hybridized carbons (Fsp3) is 0.227. The molecule has 2 aromatic rings. The van der Waals surface area contributed by atoms with Crippen molar-refractivity contribution in [2.75, 3.05) is 30.4 Å². The average molecular weight is 375 g/mol. The fourth-order valence-corrected chi connectivity index (χ4v) is 3.08. The van der Waals surface area contributed by atoms with Crippen LogP contribution in [0.4, 0.5) is 11.4 Å². The second-order valence-corrected chi connectivity index (χ2v) is 6.48. The van der Waals surface area contributed by atoms with Crippen molar-refractivity contribution in [2.24, 2.45) is 0 Å². The van der Waals surface area contributed by atoms with Crippen molar-refractivity contribution in [2.45, 2.75) is 12.8 Å². The van der Waals surface area contributed by atoms with Crippen LogP contribution in [0.5, 0.6) is 0 Å². The zero-order valence-corrected chi connectivity index (χ0v) is 15.6. The first kappa shape index (κ1) is 19.2. The van der Waals surface area contributed by atoms with Crippen molar-refractivity contribution in [3.8, 4) is 6.07 Å². The molecule has 1 heterocycles. The number of benzene rings is 2. The van der Waals surface area contributed by atoms with Crippen molar-refractivity contribution in [3.05, 3.63) is 65.2 Å². The molecule has 0 unspecified atom stereocenters. The van der Waals surface area contributed by atoms with E-state index in [2.05, 4.69) is 15.0 Å². The summed E-state index contributed by atoms with van der Waals surface area (Å²) in [6, 6.07) is 16.0. The molecule has 0 saturated carbocycles. The van der Waals surface area contributed by atoms with Crippen LogP contribution in [0.1, 0.15) is 28.8 Å². The first-order chi connectivity index (χ1) is 13.6. The standard InChI is InChI=1S/C22H21N3O3/c1-28-22(27)17-6-8-19(9-7-17)24-21(26)18(15-23)14-16-4-10-20(11-5-16)25-12-2-3-13-25/h4-11,14H,2-3,12-13H2,1H3,(H,24,26)/b18-14+. The summed E-state index contributed by atoms with van der Waals surface area (Å²) in [6.45, 7) is 2.13. The Kier molecular flexibility index (Phi) is 6.07. The van der Waals surface area contributed by atoms with Gasteiger partial charge in [-0.05, 0) is 60.9 Å². The molecule has 1 aliphatic rings. The molecule has 1 N–H and O–H groups in total. The highest BCUT2D eigenvalue weighted by atomic mass is 16.5. The number of methoxy groups -OCH3 is 1. The van der Waals surface area contributed by atoms with Gasteiger partial charge in [0.2, 0.25) is 0 Å². The number of hydrogen-bond acceptors (Lipinski definition) is 5. The van der Waals surface area contributed by atoms with Gasteiger partial charge in [0.1, 0.15) is 11.6 Å². The van der Waals surface area contributed by atoms with Crippen LogP contribution in [-0.2, 0) is 9.53 Å². The Morgan fingerprint density at radius 3 is 2.29 bits per heavy atom. The summed E-state index contributed by atoms with van der Waals surface area (Å²) in [5.41, 5.74) is 2.82. The SMILES string of the molecule is COC(=O)c1ccc(NC(=O)/C(C#N)=C/c2ccc(N3CCCC3)cc2)cc1. The van der Waals surface area contributed by atoms with E-state index in [1.165, 1.54) is 20.0 Å². The van der Waals surface area contributed by atoms with Gasteiger partial charge in [-0.1, -0.05) is 12.1 Å². The molecule has 2 aromatic carbocycles. The second-order valence-electron chi connectivity index (χ2n) is 6.48. The molecular weight excluding hydrogens is 354 g/mol. The van der Waals surface area contributed by atoms with Gasteiger partial charge < -0.3 is 15.0 Å². The Labute approximate surface area is 164 Å². The average Bonchev–Trinajstić information content (AvgIpc) is 3.27. The third-order valence-corrected chi connectivity index (χ3v) is 4.60. The van der Waals surface area contributed by atoms with Gasteiger partial charge in [-0.2, -0.15) is 5.26 Å². The molecule has 0 aliphatic carbocycles. The molecule has 1 saturated heterocycles. The Morgan fingerprint density at radius 2 is 1.71 bits per heavy atom. The molecular formula is C22H21N3O3. The fourth-order valence-electron chi connectivity index (χ4n) is 3.08. The highest BCUT2D eigenvalue weighted by Gasteiger charge is 2.13. The monoisotopic (exact) mass is 375 g/mol. The summed E-state index contributed by atoms with van der Waals surface area (Å²) in [5, 5.41) is 12.0. The first-order valence-electron chi connectivity index (χ1n) is 9.07. The van der Waals surface area contributed by atoms with E-state index in [1.54, 1.807) is 30.3 Å². The minimum Gasteiger partial charge on any atom is -0.465 e. The summed E-state index contributed by atoms with van der Waals surface area (Å²) in [6.07, 6.45) is 3.98. The number of nitrogens with one attached hydrogen (secondary N) is 1. The van der Waals surface area contributed by atoms with E-state index in [0.717, 1.165) is 24.3 Å². The van der Waals surface area contributed by atoms with Gasteiger partial charge in [-0.15, -0.1) is 0 Å². The molecule has 0 spiro atoms. The number of ether oxygens (including phenoxy) is 1. The number of rotatable bonds is 5. The van der Waals surface area contributed by atoms with Crippen LogP contribution in [0.2, 0.25) is 0 Å². The van der Waals surface area contributed by atoms with Crippen LogP contribution in [-0.4, -0.2) is 32.1 Å². The number of nitriles is 1. The molecule has 0 aromatic heterocycles. The molecule has 1 aliphatic heterocycles. The Hall–Kier alpha value is -3.59. The molecule has 0 radical (unpaired) electrons. The highest BCUT2D eigenvalue weighted by molar-refractivity contribution is 6.09. The third-order valence-electron chi connectivity index (χ3n) is 4.60. The number of carbonyl (C=O) groups is 2. The highest BCUT2D eigenvalue weighted by Crippen LogP contribution is 2.21. The molecule has 6 nitrogen and oxygen atoms in total. The molecule has 6 heteroatoms. The van der Waals surface area contributed by atoms with Gasteiger partial charge in [-0.3, -0.25) is 4.79 Å². The number of carbonyl (C=O) groups excluding carboxylic acids is 2. The molecule has 28 heavy (non-hydrogen) atoms. The van der Waals surface area contributed by atoms with Crippen molar-refractivity contribution in [3.63, 3.8) is 0 Å². The molecule has 0 bridgehead atoms. The van der Waals surface area contributed by atoms with E-state index in [9.17, 15) is 14.9 Å². The summed E-state index contributed by atoms with van der Waals surface area (Å²) >= 11 is 0. The number of amides is 1. The maximum Gasteiger partial charge on any atom is 0.337 e. The summed E-state index contributed by atoms with van der Waals surface area (Å²) in [7, 11) is 1.31. The molecule has 142 valence electrons. The lowest BCUT2D eigenvalue weighted by molar-refractivity contribution is -0.112. The maximum atomic E-state index is 12.4. The quantitative estimate of drug-likeness (QED) is 0.490. The van der Waals surface area contributed by atoms with Gasteiger partial charge in [0.05, 0.1) is 12.7 Å². The van der Waals surface area contributed by atoms with Gasteiger partial charge in [0.25, 0.3) is 5.91 Å². The Morgan fingerprint density at radius 1 is 1.07 bits per heavy atom. The van der Waals surface area contributed by atoms with Crippen molar-refractivity contribution in [1.82, 2.24) is 0 Å². The van der Waals surface area contributed by atoms with E-state index in [-0.39, 0.29) is 5.57 Å². The lowest BCUT2D eigenvalue weighted by atomic mass is 10.1. The second kappa shape index (κ2) is 8.87. The lowest BCUT2D eigenvalue weighted by Crippen LogP contribution is -2.17. The Balaban J connectivity index is 1.69. The van der Waals surface area contributed by atoms with Gasteiger partial charge in [0, 0.05) is 24.5 Å². The molecule has 3 rings (SSSR count). The molecule has 0 atom stereocenters. The largest absolute Gasteiger partial charge is 0.465 e. The predicted molar refractivity (Wildman–Crippen MR) is 108 cm³/mol.